The number of guanidine groups is 2. The average Bonchev–Trinajstić information content (AvgIpc) is 3.12. The Labute approximate surface area is 166 Å². The molecule has 3 saturated heterocycles. The monoisotopic (exact) mass is 413 g/mol. The van der Waals surface area contributed by atoms with Crippen LogP contribution in [0.15, 0.2) is 0 Å². The third kappa shape index (κ3) is 3.87. The van der Waals surface area contributed by atoms with Crippen molar-refractivity contribution >= 4 is 24.0 Å². The normalized spacial score (nSPS) is 29.2. The standard InChI is InChI=1S/C16H27N7O6/c17-12-21-11-9(8-29-14(26)19-6-3-1-2-4-10(24)25)20-13(18)23-7-5-15(27,28)16(11,23)22-12/h9,11,27-28H,1-8H2,(H2,18,20)(H,19,26)(H,24,25)(H3,17,21,22)/t9-,11?,16?/m0/s1. The van der Waals surface area contributed by atoms with Crippen LogP contribution in [0.2, 0.25) is 0 Å². The van der Waals surface area contributed by atoms with Crippen molar-refractivity contribution in [3.8, 4) is 0 Å². The van der Waals surface area contributed by atoms with Crippen molar-refractivity contribution in [2.75, 3.05) is 19.7 Å². The van der Waals surface area contributed by atoms with Crippen LogP contribution in [-0.4, -0.2) is 87.4 Å². The fourth-order valence-electron chi connectivity index (χ4n) is 4.14. The third-order valence-electron chi connectivity index (χ3n) is 5.51. The molecule has 3 aliphatic rings. The highest BCUT2D eigenvalue weighted by atomic mass is 16.5. The molecule has 29 heavy (non-hydrogen) atoms. The van der Waals surface area contributed by atoms with Gasteiger partial charge in [-0.1, -0.05) is 6.42 Å². The SMILES string of the molecule is N=C1NC2[C@H](COC(=O)NCCCCCC(=O)O)NC(=N)N3CCC(O)(O)C23N1. The maximum atomic E-state index is 11.9. The van der Waals surface area contributed by atoms with Crippen molar-refractivity contribution in [3.63, 3.8) is 0 Å². The van der Waals surface area contributed by atoms with E-state index in [0.717, 1.165) is 0 Å². The number of hydrogen-bond donors (Lipinski definition) is 9. The maximum Gasteiger partial charge on any atom is 0.407 e. The number of nitrogens with zero attached hydrogens (tertiary/aromatic N) is 1. The molecule has 0 bridgehead atoms. The van der Waals surface area contributed by atoms with Crippen LogP contribution in [0.25, 0.3) is 0 Å². The lowest BCUT2D eigenvalue weighted by molar-refractivity contribution is -0.223. The lowest BCUT2D eigenvalue weighted by atomic mass is 9.86. The minimum Gasteiger partial charge on any atom is -0.481 e. The Morgan fingerprint density at radius 2 is 2.00 bits per heavy atom. The summed E-state index contributed by atoms with van der Waals surface area (Å²) in [7, 11) is 0. The Balaban J connectivity index is 1.52. The van der Waals surface area contributed by atoms with Gasteiger partial charge in [-0.05, 0) is 12.8 Å². The molecule has 3 rings (SSSR count). The molecule has 0 saturated carbocycles. The number of amides is 1. The van der Waals surface area contributed by atoms with Gasteiger partial charge >= 0.3 is 12.1 Å². The Hall–Kier alpha value is -2.80. The van der Waals surface area contributed by atoms with E-state index in [0.29, 0.717) is 25.8 Å². The number of aliphatic carboxylic acids is 1. The van der Waals surface area contributed by atoms with E-state index in [2.05, 4.69) is 21.3 Å². The number of ether oxygens (including phenoxy) is 1. The summed E-state index contributed by atoms with van der Waals surface area (Å²) in [6, 6.07) is -1.40. The predicted octanol–water partition coefficient (Wildman–Crippen LogP) is -2.16. The van der Waals surface area contributed by atoms with Gasteiger partial charge in [-0.25, -0.2) is 4.79 Å². The highest BCUT2D eigenvalue weighted by Gasteiger charge is 2.70. The molecular formula is C16H27N7O6. The molecule has 3 aliphatic heterocycles. The first-order valence-corrected chi connectivity index (χ1v) is 9.50. The van der Waals surface area contributed by atoms with Crippen LogP contribution in [-0.2, 0) is 9.53 Å². The van der Waals surface area contributed by atoms with Gasteiger partial charge in [0.1, 0.15) is 6.61 Å². The van der Waals surface area contributed by atoms with Crippen molar-refractivity contribution in [2.24, 2.45) is 0 Å². The molecular weight excluding hydrogens is 386 g/mol. The van der Waals surface area contributed by atoms with Crippen LogP contribution >= 0.6 is 0 Å². The van der Waals surface area contributed by atoms with Crippen LogP contribution in [0.3, 0.4) is 0 Å². The zero-order valence-electron chi connectivity index (χ0n) is 15.8. The Bertz CT molecular complexity index is 701. The molecule has 13 nitrogen and oxygen atoms in total. The molecule has 9 N–H and O–H groups in total. The van der Waals surface area contributed by atoms with E-state index in [9.17, 15) is 19.8 Å². The summed E-state index contributed by atoms with van der Waals surface area (Å²) in [5.74, 6) is -3.19. The van der Waals surface area contributed by atoms with Crippen LogP contribution in [0, 0.1) is 10.8 Å². The van der Waals surface area contributed by atoms with Gasteiger partial charge in [0.25, 0.3) is 0 Å². The van der Waals surface area contributed by atoms with Crippen LogP contribution in [0.1, 0.15) is 32.1 Å². The molecule has 3 heterocycles. The quantitative estimate of drug-likeness (QED) is 0.156. The van der Waals surface area contributed by atoms with E-state index in [1.165, 1.54) is 4.90 Å². The topological polar surface area (TPSA) is 203 Å². The summed E-state index contributed by atoms with van der Waals surface area (Å²) in [5.41, 5.74) is -1.50. The largest absolute Gasteiger partial charge is 0.481 e. The molecule has 0 aromatic heterocycles. The lowest BCUT2D eigenvalue weighted by Crippen LogP contribution is -2.80. The van der Waals surface area contributed by atoms with Crippen molar-refractivity contribution < 1.29 is 29.6 Å². The molecule has 3 fully saturated rings. The van der Waals surface area contributed by atoms with E-state index < -0.39 is 35.6 Å². The van der Waals surface area contributed by atoms with Gasteiger partial charge in [0.05, 0.1) is 12.1 Å². The second kappa shape index (κ2) is 7.91. The summed E-state index contributed by atoms with van der Waals surface area (Å²) in [6.45, 7) is 0.396. The Morgan fingerprint density at radius 3 is 2.72 bits per heavy atom. The van der Waals surface area contributed by atoms with E-state index in [-0.39, 0.29) is 37.9 Å². The van der Waals surface area contributed by atoms with Gasteiger partial charge in [-0.15, -0.1) is 0 Å². The average molecular weight is 413 g/mol. The number of carboxylic acid groups (broad SMARTS) is 1. The van der Waals surface area contributed by atoms with Crippen molar-refractivity contribution in [1.29, 1.82) is 10.8 Å². The number of aliphatic hydroxyl groups is 2. The number of carbonyl (C=O) groups excluding carboxylic acids is 1. The van der Waals surface area contributed by atoms with Gasteiger partial charge in [0.15, 0.2) is 17.6 Å². The first kappa shape index (κ1) is 20.9. The number of unbranched alkanes of at least 4 members (excludes halogenated alkanes) is 2. The second-order valence-corrected chi connectivity index (χ2v) is 7.44. The van der Waals surface area contributed by atoms with Crippen LogP contribution in [0.5, 0.6) is 0 Å². The van der Waals surface area contributed by atoms with Crippen LogP contribution in [0.4, 0.5) is 4.79 Å². The number of nitrogens with one attached hydrogen (secondary N) is 6. The summed E-state index contributed by atoms with van der Waals surface area (Å²) >= 11 is 0. The van der Waals surface area contributed by atoms with Crippen molar-refractivity contribution in [2.45, 2.75) is 55.6 Å². The number of rotatable bonds is 8. The minimum absolute atomic E-state index is 0.00847. The zero-order chi connectivity index (χ0) is 21.2. The minimum atomic E-state index is -2.18. The zero-order valence-corrected chi connectivity index (χ0v) is 15.8. The summed E-state index contributed by atoms with van der Waals surface area (Å²) in [4.78, 5) is 23.8. The number of carbonyl (C=O) groups is 2. The lowest BCUT2D eigenvalue weighted by Gasteiger charge is -2.51. The van der Waals surface area contributed by atoms with Crippen molar-refractivity contribution in [3.05, 3.63) is 0 Å². The molecule has 2 unspecified atom stereocenters. The fraction of sp³-hybridized carbons (Fsp3) is 0.750. The second-order valence-electron chi connectivity index (χ2n) is 7.44. The Morgan fingerprint density at radius 1 is 1.24 bits per heavy atom. The highest BCUT2D eigenvalue weighted by Crippen LogP contribution is 2.42. The van der Waals surface area contributed by atoms with E-state index in [1.54, 1.807) is 0 Å². The number of carboxylic acids is 1. The molecule has 0 radical (unpaired) electrons. The maximum absolute atomic E-state index is 11.9. The number of alkyl carbamates (subject to hydrolysis) is 1. The number of hydrogen-bond acceptors (Lipinski definition) is 7. The molecule has 0 aromatic rings. The highest BCUT2D eigenvalue weighted by molar-refractivity contribution is 5.87. The van der Waals surface area contributed by atoms with E-state index in [1.807, 2.05) is 0 Å². The first-order chi connectivity index (χ1) is 13.7. The summed E-state index contributed by atoms with van der Waals surface area (Å²) in [6.07, 6.45) is 1.24. The van der Waals surface area contributed by atoms with Gasteiger partial charge in [0.2, 0.25) is 5.79 Å². The van der Waals surface area contributed by atoms with E-state index in [4.69, 9.17) is 20.7 Å². The summed E-state index contributed by atoms with van der Waals surface area (Å²) in [5, 5.41) is 56.8. The Kier molecular flexibility index (Phi) is 5.71. The molecule has 162 valence electrons. The van der Waals surface area contributed by atoms with E-state index >= 15 is 0 Å². The summed E-state index contributed by atoms with van der Waals surface area (Å²) < 4.78 is 5.21. The van der Waals surface area contributed by atoms with Gasteiger partial charge in [-0.2, -0.15) is 0 Å². The molecule has 13 heteroatoms. The van der Waals surface area contributed by atoms with Gasteiger partial charge < -0.3 is 46.2 Å². The first-order valence-electron chi connectivity index (χ1n) is 9.50. The molecule has 0 aliphatic carbocycles. The van der Waals surface area contributed by atoms with Gasteiger partial charge in [0, 0.05) is 25.9 Å². The molecule has 0 aromatic carbocycles. The predicted molar refractivity (Wildman–Crippen MR) is 99.1 cm³/mol. The van der Waals surface area contributed by atoms with Gasteiger partial charge in [-0.3, -0.25) is 15.6 Å². The smallest absolute Gasteiger partial charge is 0.407 e. The van der Waals surface area contributed by atoms with Crippen LogP contribution < -0.4 is 21.3 Å². The van der Waals surface area contributed by atoms with Crippen molar-refractivity contribution in [1.82, 2.24) is 26.2 Å². The fourth-order valence-corrected chi connectivity index (χ4v) is 4.14. The molecule has 1 spiro atoms. The third-order valence-corrected chi connectivity index (χ3v) is 5.51. The molecule has 1 amide bonds. The molecule has 3 atom stereocenters.